The van der Waals surface area contributed by atoms with Gasteiger partial charge in [-0.1, -0.05) is 19.9 Å². The molecule has 0 aliphatic carbocycles. The second-order valence-corrected chi connectivity index (χ2v) is 3.74. The van der Waals surface area contributed by atoms with Crippen molar-refractivity contribution in [2.45, 2.75) is 20.4 Å². The Morgan fingerprint density at radius 1 is 1.43 bits per heavy atom. The van der Waals surface area contributed by atoms with E-state index in [9.17, 15) is 0 Å². The van der Waals surface area contributed by atoms with Gasteiger partial charge in [-0.15, -0.1) is 0 Å². The number of hydrogen-bond donors (Lipinski definition) is 1. The lowest BCUT2D eigenvalue weighted by Crippen LogP contribution is -2.07. The average molecular weight is 194 g/mol. The van der Waals surface area contributed by atoms with Gasteiger partial charge in [-0.05, 0) is 18.5 Å². The van der Waals surface area contributed by atoms with E-state index in [-0.39, 0.29) is 0 Å². The van der Waals surface area contributed by atoms with Crippen LogP contribution in [0.2, 0.25) is 0 Å². The molecule has 0 aliphatic heterocycles. The van der Waals surface area contributed by atoms with Crippen LogP contribution >= 0.6 is 0 Å². The van der Waals surface area contributed by atoms with Crippen molar-refractivity contribution in [2.75, 3.05) is 13.7 Å². The maximum Gasteiger partial charge on any atom is 0.213 e. The van der Waals surface area contributed by atoms with Crippen molar-refractivity contribution >= 4 is 0 Å². The fraction of sp³-hybridized carbons (Fsp3) is 0.545. The van der Waals surface area contributed by atoms with Crippen LogP contribution < -0.4 is 10.1 Å². The topological polar surface area (TPSA) is 34.1 Å². The quantitative estimate of drug-likeness (QED) is 0.776. The van der Waals surface area contributed by atoms with Crippen molar-refractivity contribution in [1.82, 2.24) is 10.3 Å². The highest BCUT2D eigenvalue weighted by Gasteiger charge is 1.98. The maximum atomic E-state index is 5.47. The second kappa shape index (κ2) is 5.60. The van der Waals surface area contributed by atoms with Crippen molar-refractivity contribution in [1.29, 1.82) is 0 Å². The Kier molecular flexibility index (Phi) is 4.40. The predicted molar refractivity (Wildman–Crippen MR) is 57.3 cm³/mol. The fourth-order valence-electron chi connectivity index (χ4n) is 1.06. The van der Waals surface area contributed by atoms with Gasteiger partial charge in [0.2, 0.25) is 5.88 Å². The van der Waals surface area contributed by atoms with Crippen LogP contribution in [0.15, 0.2) is 18.3 Å². The van der Waals surface area contributed by atoms with Crippen LogP contribution in [-0.4, -0.2) is 18.6 Å². The van der Waals surface area contributed by atoms with Crippen molar-refractivity contribution in [3.05, 3.63) is 23.9 Å². The minimum Gasteiger partial charge on any atom is -0.477 e. The maximum absolute atomic E-state index is 5.47. The highest BCUT2D eigenvalue weighted by atomic mass is 16.5. The molecule has 0 aromatic carbocycles. The van der Waals surface area contributed by atoms with E-state index in [0.29, 0.717) is 11.8 Å². The third-order valence-corrected chi connectivity index (χ3v) is 1.74. The van der Waals surface area contributed by atoms with E-state index in [2.05, 4.69) is 24.1 Å². The summed E-state index contributed by atoms with van der Waals surface area (Å²) >= 11 is 0. The molecule has 1 aromatic heterocycles. The molecule has 1 heterocycles. The molecule has 14 heavy (non-hydrogen) atoms. The first-order valence-corrected chi connectivity index (χ1v) is 4.94. The molecular weight excluding hydrogens is 176 g/mol. The van der Waals surface area contributed by atoms with Gasteiger partial charge in [-0.25, -0.2) is 4.98 Å². The summed E-state index contributed by atoms with van der Waals surface area (Å²) in [6.07, 6.45) is 1.84. The summed E-state index contributed by atoms with van der Waals surface area (Å²) < 4.78 is 5.47. The van der Waals surface area contributed by atoms with Gasteiger partial charge in [-0.3, -0.25) is 0 Å². The van der Waals surface area contributed by atoms with E-state index in [1.54, 1.807) is 0 Å². The van der Waals surface area contributed by atoms with Gasteiger partial charge in [0.25, 0.3) is 0 Å². The summed E-state index contributed by atoms with van der Waals surface area (Å²) in [5.74, 6) is 1.24. The molecule has 0 saturated heterocycles. The van der Waals surface area contributed by atoms with Crippen LogP contribution in [0.4, 0.5) is 0 Å². The highest BCUT2D eigenvalue weighted by Crippen LogP contribution is 2.08. The molecule has 78 valence electrons. The molecule has 0 spiro atoms. The summed E-state index contributed by atoms with van der Waals surface area (Å²) in [5, 5.41) is 3.07. The molecule has 0 aliphatic rings. The SMILES string of the molecule is CNCc1ccc(OCC(C)C)nc1. The van der Waals surface area contributed by atoms with Crippen LogP contribution in [0, 0.1) is 5.92 Å². The molecule has 0 fully saturated rings. The zero-order valence-corrected chi connectivity index (χ0v) is 9.08. The van der Waals surface area contributed by atoms with E-state index < -0.39 is 0 Å². The number of nitrogens with one attached hydrogen (secondary N) is 1. The molecule has 0 bridgehead atoms. The van der Waals surface area contributed by atoms with E-state index >= 15 is 0 Å². The Morgan fingerprint density at radius 3 is 2.71 bits per heavy atom. The van der Waals surface area contributed by atoms with Gasteiger partial charge in [0.1, 0.15) is 0 Å². The summed E-state index contributed by atoms with van der Waals surface area (Å²) in [5.41, 5.74) is 1.17. The number of rotatable bonds is 5. The minimum atomic E-state index is 0.536. The Hall–Kier alpha value is -1.09. The first kappa shape index (κ1) is 11.0. The van der Waals surface area contributed by atoms with E-state index in [0.717, 1.165) is 13.2 Å². The van der Waals surface area contributed by atoms with E-state index in [1.165, 1.54) is 5.56 Å². The lowest BCUT2D eigenvalue weighted by atomic mass is 10.2. The van der Waals surface area contributed by atoms with Crippen molar-refractivity contribution in [3.63, 3.8) is 0 Å². The molecule has 1 aromatic rings. The zero-order valence-electron chi connectivity index (χ0n) is 9.08. The molecule has 1 rings (SSSR count). The van der Waals surface area contributed by atoms with Crippen LogP contribution in [0.25, 0.3) is 0 Å². The fourth-order valence-corrected chi connectivity index (χ4v) is 1.06. The van der Waals surface area contributed by atoms with Crippen LogP contribution in [-0.2, 0) is 6.54 Å². The van der Waals surface area contributed by atoms with Gasteiger partial charge in [-0.2, -0.15) is 0 Å². The minimum absolute atomic E-state index is 0.536. The predicted octanol–water partition coefficient (Wildman–Crippen LogP) is 1.84. The number of aromatic nitrogens is 1. The molecule has 0 radical (unpaired) electrons. The molecule has 3 heteroatoms. The Bertz CT molecular complexity index is 256. The summed E-state index contributed by atoms with van der Waals surface area (Å²) in [6, 6.07) is 3.94. The number of nitrogens with zero attached hydrogens (tertiary/aromatic N) is 1. The Morgan fingerprint density at radius 2 is 2.21 bits per heavy atom. The zero-order chi connectivity index (χ0) is 10.4. The Labute approximate surface area is 85.5 Å². The smallest absolute Gasteiger partial charge is 0.213 e. The van der Waals surface area contributed by atoms with Gasteiger partial charge >= 0.3 is 0 Å². The van der Waals surface area contributed by atoms with Crippen molar-refractivity contribution in [2.24, 2.45) is 5.92 Å². The molecule has 0 saturated carbocycles. The van der Waals surface area contributed by atoms with Gasteiger partial charge in [0.15, 0.2) is 0 Å². The van der Waals surface area contributed by atoms with Crippen molar-refractivity contribution < 1.29 is 4.74 Å². The number of pyridine rings is 1. The molecule has 3 nitrogen and oxygen atoms in total. The lowest BCUT2D eigenvalue weighted by molar-refractivity contribution is 0.261. The summed E-state index contributed by atoms with van der Waals surface area (Å²) in [6.45, 7) is 5.81. The van der Waals surface area contributed by atoms with Crippen LogP contribution in [0.5, 0.6) is 5.88 Å². The monoisotopic (exact) mass is 194 g/mol. The number of ether oxygens (including phenoxy) is 1. The molecule has 0 unspecified atom stereocenters. The van der Waals surface area contributed by atoms with Crippen LogP contribution in [0.1, 0.15) is 19.4 Å². The highest BCUT2D eigenvalue weighted by molar-refractivity contribution is 5.17. The summed E-state index contributed by atoms with van der Waals surface area (Å²) in [4.78, 5) is 4.21. The van der Waals surface area contributed by atoms with E-state index in [4.69, 9.17) is 4.74 Å². The first-order chi connectivity index (χ1) is 6.72. The molecular formula is C11H18N2O. The lowest BCUT2D eigenvalue weighted by Gasteiger charge is -2.07. The molecule has 0 amide bonds. The average Bonchev–Trinajstić information content (AvgIpc) is 2.17. The normalized spacial score (nSPS) is 10.6. The molecule has 1 N–H and O–H groups in total. The van der Waals surface area contributed by atoms with Crippen LogP contribution in [0.3, 0.4) is 0 Å². The van der Waals surface area contributed by atoms with Gasteiger partial charge < -0.3 is 10.1 Å². The molecule has 0 atom stereocenters. The standard InChI is InChI=1S/C11H18N2O/c1-9(2)8-14-11-5-4-10(6-12-3)7-13-11/h4-5,7,9,12H,6,8H2,1-3H3. The second-order valence-electron chi connectivity index (χ2n) is 3.74. The van der Waals surface area contributed by atoms with E-state index in [1.807, 2.05) is 25.4 Å². The third-order valence-electron chi connectivity index (χ3n) is 1.74. The largest absolute Gasteiger partial charge is 0.477 e. The Balaban J connectivity index is 2.46. The summed E-state index contributed by atoms with van der Waals surface area (Å²) in [7, 11) is 1.92. The van der Waals surface area contributed by atoms with Gasteiger partial charge in [0, 0.05) is 18.8 Å². The van der Waals surface area contributed by atoms with Gasteiger partial charge in [0.05, 0.1) is 6.61 Å². The third kappa shape index (κ3) is 3.75. The number of hydrogen-bond acceptors (Lipinski definition) is 3. The first-order valence-electron chi connectivity index (χ1n) is 4.94. The van der Waals surface area contributed by atoms with Crippen molar-refractivity contribution in [3.8, 4) is 5.88 Å².